The zero-order valence-electron chi connectivity index (χ0n) is 18.2. The number of hydrogen-bond donors (Lipinski definition) is 1. The van der Waals surface area contributed by atoms with Crippen molar-refractivity contribution >= 4 is 0 Å². The third-order valence-corrected chi connectivity index (χ3v) is 5.28. The lowest BCUT2D eigenvalue weighted by atomic mass is 9.79. The number of hydrogen-bond acceptors (Lipinski definition) is 5. The van der Waals surface area contributed by atoms with Crippen LogP contribution in [0.2, 0.25) is 0 Å². The highest BCUT2D eigenvalue weighted by Crippen LogP contribution is 2.31. The van der Waals surface area contributed by atoms with Crippen LogP contribution in [0.5, 0.6) is 0 Å². The highest BCUT2D eigenvalue weighted by Gasteiger charge is 2.20. The van der Waals surface area contributed by atoms with Gasteiger partial charge in [-0.1, -0.05) is 46.5 Å². The SMILES string of the molecule is C#CCOCCOCCOCCOCCNC(CC)CCC(C)(CC)CC. The van der Waals surface area contributed by atoms with Crippen LogP contribution >= 0.6 is 0 Å². The van der Waals surface area contributed by atoms with E-state index in [1.54, 1.807) is 0 Å². The molecule has 27 heavy (non-hydrogen) atoms. The predicted molar refractivity (Wildman–Crippen MR) is 112 cm³/mol. The summed E-state index contributed by atoms with van der Waals surface area (Å²) in [6.45, 7) is 14.6. The van der Waals surface area contributed by atoms with Crippen LogP contribution in [-0.2, 0) is 18.9 Å². The molecule has 0 aliphatic heterocycles. The molecule has 0 aliphatic carbocycles. The first-order valence-corrected chi connectivity index (χ1v) is 10.6. The molecule has 0 rings (SSSR count). The van der Waals surface area contributed by atoms with Gasteiger partial charge in [0.25, 0.3) is 0 Å². The van der Waals surface area contributed by atoms with E-state index in [4.69, 9.17) is 25.4 Å². The van der Waals surface area contributed by atoms with Gasteiger partial charge in [-0.05, 0) is 24.7 Å². The molecule has 160 valence electrons. The molecule has 1 unspecified atom stereocenters. The van der Waals surface area contributed by atoms with Crippen molar-refractivity contribution in [2.75, 3.05) is 59.4 Å². The topological polar surface area (TPSA) is 49.0 Å². The molecule has 0 amide bonds. The molecule has 0 aromatic heterocycles. The molecule has 0 fully saturated rings. The zero-order valence-corrected chi connectivity index (χ0v) is 18.2. The summed E-state index contributed by atoms with van der Waals surface area (Å²) in [6, 6.07) is 0.587. The van der Waals surface area contributed by atoms with Crippen molar-refractivity contribution in [3.05, 3.63) is 0 Å². The van der Waals surface area contributed by atoms with Gasteiger partial charge in [0, 0.05) is 12.6 Å². The van der Waals surface area contributed by atoms with Gasteiger partial charge < -0.3 is 24.3 Å². The molecular formula is C22H43NO4. The Labute approximate surface area is 167 Å². The maximum absolute atomic E-state index is 5.62. The second kappa shape index (κ2) is 18.7. The monoisotopic (exact) mass is 385 g/mol. The lowest BCUT2D eigenvalue weighted by Gasteiger charge is -2.29. The van der Waals surface area contributed by atoms with Crippen molar-refractivity contribution < 1.29 is 18.9 Å². The van der Waals surface area contributed by atoms with Crippen LogP contribution in [0.15, 0.2) is 0 Å². The van der Waals surface area contributed by atoms with Crippen molar-refractivity contribution in [2.45, 2.75) is 65.8 Å². The Morgan fingerprint density at radius 3 is 1.85 bits per heavy atom. The second-order valence-electron chi connectivity index (χ2n) is 7.21. The van der Waals surface area contributed by atoms with Gasteiger partial charge >= 0.3 is 0 Å². The normalized spacial score (nSPS) is 12.9. The summed E-state index contributed by atoms with van der Waals surface area (Å²) in [5.74, 6) is 2.41. The van der Waals surface area contributed by atoms with Crippen molar-refractivity contribution in [1.29, 1.82) is 0 Å². The molecule has 0 aromatic carbocycles. The van der Waals surface area contributed by atoms with Crippen LogP contribution in [0.1, 0.15) is 59.8 Å². The second-order valence-corrected chi connectivity index (χ2v) is 7.21. The molecular weight excluding hydrogens is 342 g/mol. The first-order chi connectivity index (χ1) is 13.1. The van der Waals surface area contributed by atoms with Gasteiger partial charge in [-0.3, -0.25) is 0 Å². The van der Waals surface area contributed by atoms with Gasteiger partial charge in [0.1, 0.15) is 6.61 Å². The van der Waals surface area contributed by atoms with Crippen LogP contribution in [0.4, 0.5) is 0 Å². The van der Waals surface area contributed by atoms with Gasteiger partial charge in [-0.2, -0.15) is 0 Å². The lowest BCUT2D eigenvalue weighted by Crippen LogP contribution is -2.33. The van der Waals surface area contributed by atoms with E-state index < -0.39 is 0 Å². The molecule has 0 spiro atoms. The minimum atomic E-state index is 0.335. The van der Waals surface area contributed by atoms with E-state index in [0.29, 0.717) is 57.7 Å². The Bertz CT molecular complexity index is 353. The van der Waals surface area contributed by atoms with E-state index in [1.165, 1.54) is 32.1 Å². The number of nitrogens with one attached hydrogen (secondary N) is 1. The van der Waals surface area contributed by atoms with Gasteiger partial charge in [0.05, 0.1) is 46.2 Å². The quantitative estimate of drug-likeness (QED) is 0.256. The minimum absolute atomic E-state index is 0.335. The molecule has 0 saturated heterocycles. The van der Waals surface area contributed by atoms with E-state index in [0.717, 1.165) is 13.2 Å². The summed E-state index contributed by atoms with van der Waals surface area (Å²) in [7, 11) is 0. The Balaban J connectivity index is 3.43. The summed E-state index contributed by atoms with van der Waals surface area (Å²) < 4.78 is 21.6. The average molecular weight is 386 g/mol. The molecule has 5 heteroatoms. The highest BCUT2D eigenvalue weighted by atomic mass is 16.6. The smallest absolute Gasteiger partial charge is 0.107 e. The van der Waals surface area contributed by atoms with Gasteiger partial charge in [-0.25, -0.2) is 0 Å². The summed E-state index contributed by atoms with van der Waals surface area (Å²) >= 11 is 0. The molecule has 1 atom stereocenters. The third-order valence-electron chi connectivity index (χ3n) is 5.28. The minimum Gasteiger partial charge on any atom is -0.378 e. The van der Waals surface area contributed by atoms with Crippen molar-refractivity contribution in [1.82, 2.24) is 5.32 Å². The molecule has 0 radical (unpaired) electrons. The maximum atomic E-state index is 5.62. The van der Waals surface area contributed by atoms with Crippen molar-refractivity contribution in [2.24, 2.45) is 5.41 Å². The number of terminal acetylenes is 1. The van der Waals surface area contributed by atoms with Crippen molar-refractivity contribution in [3.63, 3.8) is 0 Å². The predicted octanol–water partition coefficient (Wildman–Crippen LogP) is 3.66. The Morgan fingerprint density at radius 1 is 0.852 bits per heavy atom. The zero-order chi connectivity index (χ0) is 20.2. The molecule has 0 aromatic rings. The number of ether oxygens (including phenoxy) is 4. The van der Waals surface area contributed by atoms with E-state index in [2.05, 4.69) is 38.9 Å². The van der Waals surface area contributed by atoms with Crippen LogP contribution in [0.3, 0.4) is 0 Å². The molecule has 0 heterocycles. The Morgan fingerprint density at radius 2 is 1.37 bits per heavy atom. The summed E-state index contributed by atoms with van der Waals surface area (Å²) in [5, 5.41) is 3.62. The van der Waals surface area contributed by atoms with E-state index in [1.807, 2.05) is 0 Å². The summed E-state index contributed by atoms with van der Waals surface area (Å²) in [4.78, 5) is 0. The van der Waals surface area contributed by atoms with E-state index in [-0.39, 0.29) is 0 Å². The van der Waals surface area contributed by atoms with Crippen LogP contribution < -0.4 is 5.32 Å². The molecule has 0 aliphatic rings. The lowest BCUT2D eigenvalue weighted by molar-refractivity contribution is 0.00150. The fraction of sp³-hybridized carbons (Fsp3) is 0.909. The van der Waals surface area contributed by atoms with Crippen molar-refractivity contribution in [3.8, 4) is 12.3 Å². The maximum Gasteiger partial charge on any atom is 0.107 e. The average Bonchev–Trinajstić information content (AvgIpc) is 2.70. The Kier molecular flexibility index (Phi) is 18.3. The van der Waals surface area contributed by atoms with Gasteiger partial charge in [-0.15, -0.1) is 6.42 Å². The first kappa shape index (κ1) is 26.4. The van der Waals surface area contributed by atoms with Crippen LogP contribution in [0, 0.1) is 17.8 Å². The standard InChI is InChI=1S/C22H43NO4/c1-6-13-24-15-17-26-19-20-27-18-16-25-14-12-23-21(7-2)10-11-22(5,8-3)9-4/h1,21,23H,7-20H2,2-5H3. The summed E-state index contributed by atoms with van der Waals surface area (Å²) in [5.41, 5.74) is 0.487. The highest BCUT2D eigenvalue weighted by molar-refractivity contribution is 4.82. The fourth-order valence-corrected chi connectivity index (χ4v) is 2.70. The molecule has 0 saturated carbocycles. The largest absolute Gasteiger partial charge is 0.378 e. The van der Waals surface area contributed by atoms with E-state index >= 15 is 0 Å². The van der Waals surface area contributed by atoms with Crippen LogP contribution in [0.25, 0.3) is 0 Å². The Hall–Kier alpha value is -0.640. The molecule has 0 bridgehead atoms. The van der Waals surface area contributed by atoms with Gasteiger partial charge in [0.2, 0.25) is 0 Å². The summed E-state index contributed by atoms with van der Waals surface area (Å²) in [6.07, 6.45) is 11.3. The fourth-order valence-electron chi connectivity index (χ4n) is 2.70. The first-order valence-electron chi connectivity index (χ1n) is 10.6. The van der Waals surface area contributed by atoms with Crippen LogP contribution in [-0.4, -0.2) is 65.4 Å². The van der Waals surface area contributed by atoms with Gasteiger partial charge in [0.15, 0.2) is 0 Å². The molecule has 5 nitrogen and oxygen atoms in total. The number of rotatable bonds is 20. The third kappa shape index (κ3) is 16.1. The molecule has 1 N–H and O–H groups in total. The van der Waals surface area contributed by atoms with E-state index in [9.17, 15) is 0 Å².